The molecule has 2 saturated heterocycles. The quantitative estimate of drug-likeness (QED) is 0.313. The van der Waals surface area contributed by atoms with Crippen LogP contribution in [0.1, 0.15) is 23.2 Å². The summed E-state index contributed by atoms with van der Waals surface area (Å²) in [5.74, 6) is -2.80. The molecule has 14 heteroatoms. The number of aromatic hydroxyl groups is 1. The van der Waals surface area contributed by atoms with Crippen LogP contribution in [0.25, 0.3) is 22.2 Å². The molecule has 2 atom stereocenters. The van der Waals surface area contributed by atoms with E-state index in [1.165, 1.54) is 41.0 Å². The van der Waals surface area contributed by atoms with E-state index in [0.29, 0.717) is 24.7 Å². The van der Waals surface area contributed by atoms with Gasteiger partial charge < -0.3 is 34.9 Å². The Morgan fingerprint density at radius 3 is 2.66 bits per heavy atom. The molecule has 0 aliphatic carbocycles. The third-order valence-electron chi connectivity index (χ3n) is 7.51. The minimum absolute atomic E-state index is 0.0929. The number of pyridine rings is 1. The van der Waals surface area contributed by atoms with Crippen LogP contribution >= 0.6 is 11.6 Å². The monoisotopic (exact) mass is 581 g/mol. The van der Waals surface area contributed by atoms with Gasteiger partial charge in [0.1, 0.15) is 18.0 Å². The molecule has 2 aliphatic rings. The zero-order valence-corrected chi connectivity index (χ0v) is 22.6. The molecule has 0 saturated carbocycles. The van der Waals surface area contributed by atoms with Crippen molar-refractivity contribution in [1.82, 2.24) is 19.1 Å². The second-order valence-corrected chi connectivity index (χ2v) is 10.6. The van der Waals surface area contributed by atoms with Crippen molar-refractivity contribution < 1.29 is 23.8 Å². The first-order valence-electron chi connectivity index (χ1n) is 12.8. The Kier molecular flexibility index (Phi) is 6.62. The Balaban J connectivity index is 1.34. The number of aryl methyl sites for hydroxylation is 1. The van der Waals surface area contributed by atoms with Crippen LogP contribution < -0.4 is 21.5 Å². The molecule has 5 heterocycles. The van der Waals surface area contributed by atoms with E-state index >= 15 is 0 Å². The molecule has 2 aliphatic heterocycles. The largest absolute Gasteiger partial charge is 0.504 e. The average molecular weight is 582 g/mol. The van der Waals surface area contributed by atoms with Gasteiger partial charge in [-0.2, -0.15) is 0 Å². The number of hydrogen-bond acceptors (Lipinski definition) is 8. The summed E-state index contributed by atoms with van der Waals surface area (Å²) in [7, 11) is 1.50. The van der Waals surface area contributed by atoms with Gasteiger partial charge in [-0.3, -0.25) is 14.4 Å². The molecule has 1 aromatic carbocycles. The Morgan fingerprint density at radius 2 is 1.95 bits per heavy atom. The molecule has 4 N–H and O–H groups in total. The highest BCUT2D eigenvalue weighted by atomic mass is 35.5. The summed E-state index contributed by atoms with van der Waals surface area (Å²) in [5, 5.41) is 13.1. The van der Waals surface area contributed by atoms with Gasteiger partial charge in [-0.15, -0.1) is 0 Å². The number of nitrogens with two attached hydrogens (primary N) is 1. The standard InChI is InChI=1S/C27H25ClFN7O5/c1-34-12-32-26-23(27(34)40)17(13-4-16(25(30)39)24(38)19(29)5-13)8-35(26)9-22(37)33-20-6-21(31-7-18(20)28)36-14-2-3-15(36)11-41-10-14/h4-8,12,14-15,38H,2-3,9-11H2,1H3,(H2,30,39)(H,31,33,37). The summed E-state index contributed by atoms with van der Waals surface area (Å²) < 4.78 is 22.9. The van der Waals surface area contributed by atoms with Gasteiger partial charge in [0.2, 0.25) is 5.91 Å². The number of fused-ring (bicyclic) bond motifs is 3. The summed E-state index contributed by atoms with van der Waals surface area (Å²) >= 11 is 6.38. The number of aromatic nitrogens is 4. The van der Waals surface area contributed by atoms with E-state index in [-0.39, 0.29) is 45.8 Å². The van der Waals surface area contributed by atoms with Crippen molar-refractivity contribution in [3.8, 4) is 16.9 Å². The van der Waals surface area contributed by atoms with Gasteiger partial charge in [-0.25, -0.2) is 14.4 Å². The molecule has 212 valence electrons. The normalized spacial score (nSPS) is 18.2. The zero-order chi connectivity index (χ0) is 29.0. The fraction of sp³-hybridized carbons (Fsp3) is 0.296. The number of primary amides is 1. The molecular formula is C27H25ClFN7O5. The first kappa shape index (κ1) is 26.7. The molecule has 6 rings (SSSR count). The second-order valence-electron chi connectivity index (χ2n) is 10.1. The number of benzene rings is 1. The van der Waals surface area contributed by atoms with Crippen molar-refractivity contribution >= 4 is 46.0 Å². The SMILES string of the molecule is Cn1cnc2c(c(-c3cc(F)c(O)c(C(N)=O)c3)cn2CC(=O)Nc2cc(N3C4CCC3COC4)ncc2Cl)c1=O. The molecule has 2 bridgehead atoms. The van der Waals surface area contributed by atoms with Crippen LogP contribution in [-0.4, -0.2) is 61.3 Å². The number of ether oxygens (including phenoxy) is 1. The topological polar surface area (TPSA) is 158 Å². The van der Waals surface area contributed by atoms with Gasteiger partial charge in [-0.1, -0.05) is 11.6 Å². The first-order valence-corrected chi connectivity index (χ1v) is 13.2. The minimum atomic E-state index is -1.09. The van der Waals surface area contributed by atoms with Crippen LogP contribution in [0, 0.1) is 5.82 Å². The third-order valence-corrected chi connectivity index (χ3v) is 7.81. The maximum Gasteiger partial charge on any atom is 0.263 e. The predicted molar refractivity (Wildman–Crippen MR) is 149 cm³/mol. The van der Waals surface area contributed by atoms with E-state index in [1.807, 2.05) is 0 Å². The molecule has 2 amide bonds. The van der Waals surface area contributed by atoms with Crippen LogP contribution in [-0.2, 0) is 23.1 Å². The van der Waals surface area contributed by atoms with E-state index in [2.05, 4.69) is 20.2 Å². The van der Waals surface area contributed by atoms with Crippen LogP contribution in [0.15, 0.2) is 41.7 Å². The van der Waals surface area contributed by atoms with Gasteiger partial charge in [0, 0.05) is 24.9 Å². The number of halogens is 2. The summed E-state index contributed by atoms with van der Waals surface area (Å²) in [6, 6.07) is 4.32. The average Bonchev–Trinajstić information content (AvgIpc) is 3.42. The molecule has 3 aromatic heterocycles. The maximum absolute atomic E-state index is 14.5. The maximum atomic E-state index is 14.5. The number of rotatable bonds is 6. The molecule has 12 nitrogen and oxygen atoms in total. The summed E-state index contributed by atoms with van der Waals surface area (Å²) in [4.78, 5) is 49.1. The van der Waals surface area contributed by atoms with E-state index < -0.39 is 34.5 Å². The van der Waals surface area contributed by atoms with Crippen molar-refractivity contribution in [1.29, 1.82) is 0 Å². The van der Waals surface area contributed by atoms with Gasteiger partial charge in [0.25, 0.3) is 11.5 Å². The Bertz CT molecular complexity index is 1770. The lowest BCUT2D eigenvalue weighted by Crippen LogP contribution is -2.46. The molecule has 2 fully saturated rings. The van der Waals surface area contributed by atoms with E-state index in [4.69, 9.17) is 22.1 Å². The Labute approximate surface area is 237 Å². The van der Waals surface area contributed by atoms with Crippen LogP contribution in [0.5, 0.6) is 5.75 Å². The van der Waals surface area contributed by atoms with Crippen LogP contribution in [0.3, 0.4) is 0 Å². The number of amides is 2. The highest BCUT2D eigenvalue weighted by molar-refractivity contribution is 6.33. The van der Waals surface area contributed by atoms with E-state index in [1.54, 1.807) is 6.07 Å². The number of hydrogen-bond donors (Lipinski definition) is 3. The smallest absolute Gasteiger partial charge is 0.263 e. The second kappa shape index (κ2) is 10.2. The molecule has 41 heavy (non-hydrogen) atoms. The molecule has 0 radical (unpaired) electrons. The highest BCUT2D eigenvalue weighted by Crippen LogP contribution is 2.36. The van der Waals surface area contributed by atoms with Gasteiger partial charge in [0.05, 0.1) is 59.5 Å². The van der Waals surface area contributed by atoms with Crippen molar-refractivity contribution in [2.45, 2.75) is 31.5 Å². The number of anilines is 2. The van der Waals surface area contributed by atoms with Crippen molar-refractivity contribution in [3.63, 3.8) is 0 Å². The van der Waals surface area contributed by atoms with Gasteiger partial charge in [0.15, 0.2) is 11.6 Å². The molecule has 4 aromatic rings. The Hall–Kier alpha value is -4.49. The van der Waals surface area contributed by atoms with Crippen LogP contribution in [0.4, 0.5) is 15.9 Å². The fourth-order valence-electron chi connectivity index (χ4n) is 5.56. The summed E-state index contributed by atoms with van der Waals surface area (Å²) in [6.07, 6.45) is 6.25. The van der Waals surface area contributed by atoms with E-state index in [9.17, 15) is 23.9 Å². The summed E-state index contributed by atoms with van der Waals surface area (Å²) in [6.45, 7) is 0.963. The van der Waals surface area contributed by atoms with Crippen molar-refractivity contribution in [2.75, 3.05) is 23.4 Å². The lowest BCUT2D eigenvalue weighted by molar-refractivity contribution is -0.116. The van der Waals surface area contributed by atoms with Crippen molar-refractivity contribution in [3.05, 3.63) is 63.7 Å². The number of carbonyl (C=O) groups excluding carboxylic acids is 2. The first-order chi connectivity index (χ1) is 19.6. The molecule has 0 spiro atoms. The number of nitrogens with one attached hydrogen (secondary N) is 1. The van der Waals surface area contributed by atoms with Gasteiger partial charge >= 0.3 is 0 Å². The number of carbonyl (C=O) groups is 2. The predicted octanol–water partition coefficient (Wildman–Crippen LogP) is 2.40. The van der Waals surface area contributed by atoms with Gasteiger partial charge in [-0.05, 0) is 30.5 Å². The number of phenols is 1. The summed E-state index contributed by atoms with van der Waals surface area (Å²) in [5.41, 5.74) is 5.24. The Morgan fingerprint density at radius 1 is 1.22 bits per heavy atom. The van der Waals surface area contributed by atoms with Crippen molar-refractivity contribution in [2.24, 2.45) is 12.8 Å². The highest BCUT2D eigenvalue weighted by Gasteiger charge is 2.38. The van der Waals surface area contributed by atoms with Crippen LogP contribution in [0.2, 0.25) is 5.02 Å². The molecular weight excluding hydrogens is 557 g/mol. The fourth-order valence-corrected chi connectivity index (χ4v) is 5.71. The minimum Gasteiger partial charge on any atom is -0.504 e. The number of morpholine rings is 1. The lowest BCUT2D eigenvalue weighted by atomic mass is 10.0. The number of nitrogens with zero attached hydrogens (tertiary/aromatic N) is 5. The zero-order valence-electron chi connectivity index (χ0n) is 21.8. The van der Waals surface area contributed by atoms with E-state index in [0.717, 1.165) is 18.9 Å². The lowest BCUT2D eigenvalue weighted by Gasteiger charge is -2.35. The third kappa shape index (κ3) is 4.66. The molecule has 2 unspecified atom stereocenters.